The molecule has 0 atom stereocenters. The monoisotopic (exact) mass is 300 g/mol. The van der Waals surface area contributed by atoms with Crippen LogP contribution in [-0.4, -0.2) is 52.8 Å². The molecule has 0 unspecified atom stereocenters. The second kappa shape index (κ2) is 5.97. The number of fused-ring (bicyclic) bond motifs is 1. The quantitative estimate of drug-likeness (QED) is 0.855. The van der Waals surface area contributed by atoms with Gasteiger partial charge in [-0.05, 0) is 58.0 Å². The van der Waals surface area contributed by atoms with Gasteiger partial charge in [-0.2, -0.15) is 0 Å². The van der Waals surface area contributed by atoms with Gasteiger partial charge in [-0.1, -0.05) is 0 Å². The minimum absolute atomic E-state index is 0.489. The van der Waals surface area contributed by atoms with Gasteiger partial charge in [0, 0.05) is 31.4 Å². The third kappa shape index (κ3) is 2.52. The van der Waals surface area contributed by atoms with E-state index in [1.54, 1.807) is 0 Å². The lowest BCUT2D eigenvalue weighted by atomic mass is 9.95. The molecule has 2 aromatic heterocycles. The van der Waals surface area contributed by atoms with Crippen LogP contribution in [0, 0.1) is 0 Å². The Labute approximate surface area is 131 Å². The van der Waals surface area contributed by atoms with Gasteiger partial charge in [0.25, 0.3) is 0 Å². The summed E-state index contributed by atoms with van der Waals surface area (Å²) < 4.78 is 7.99. The molecule has 0 spiro atoms. The van der Waals surface area contributed by atoms with Crippen LogP contribution < -0.4 is 0 Å². The maximum atomic E-state index is 5.55. The summed E-state index contributed by atoms with van der Waals surface area (Å²) in [5.74, 6) is 1.82. The van der Waals surface area contributed by atoms with Crippen molar-refractivity contribution in [3.05, 3.63) is 24.2 Å². The van der Waals surface area contributed by atoms with Gasteiger partial charge in [-0.3, -0.25) is 0 Å². The normalized spacial score (nSPS) is 22.4. The average Bonchev–Trinajstić information content (AvgIpc) is 2.96. The fourth-order valence-corrected chi connectivity index (χ4v) is 3.81. The molecule has 0 saturated carbocycles. The number of pyridine rings is 1. The summed E-state index contributed by atoms with van der Waals surface area (Å²) in [6.07, 6.45) is 6.42. The van der Waals surface area contributed by atoms with E-state index in [2.05, 4.69) is 27.6 Å². The smallest absolute Gasteiger partial charge is 0.160 e. The summed E-state index contributed by atoms with van der Waals surface area (Å²) in [6, 6.07) is 4.57. The van der Waals surface area contributed by atoms with Gasteiger partial charge in [-0.25, -0.2) is 9.97 Å². The van der Waals surface area contributed by atoms with E-state index in [1.807, 2.05) is 12.3 Å². The first-order valence-corrected chi connectivity index (χ1v) is 8.42. The van der Waals surface area contributed by atoms with E-state index in [9.17, 15) is 0 Å². The van der Waals surface area contributed by atoms with Crippen LogP contribution in [0.4, 0.5) is 0 Å². The Balaban J connectivity index is 1.75. The van der Waals surface area contributed by atoms with E-state index in [0.29, 0.717) is 12.0 Å². The second-order valence-electron chi connectivity index (χ2n) is 6.61. The molecule has 0 radical (unpaired) electrons. The molecule has 5 nitrogen and oxygen atoms in total. The fraction of sp³-hybridized carbons (Fsp3) is 0.647. The van der Waals surface area contributed by atoms with Crippen LogP contribution in [0.3, 0.4) is 0 Å². The fourth-order valence-electron chi connectivity index (χ4n) is 3.81. The van der Waals surface area contributed by atoms with Crippen LogP contribution in [0.2, 0.25) is 0 Å². The van der Waals surface area contributed by atoms with Crippen LogP contribution in [0.1, 0.15) is 43.5 Å². The number of nitrogens with zero attached hydrogens (tertiary/aromatic N) is 4. The Morgan fingerprint density at radius 3 is 2.68 bits per heavy atom. The van der Waals surface area contributed by atoms with E-state index in [-0.39, 0.29) is 0 Å². The Hall–Kier alpha value is -1.46. The molecule has 0 amide bonds. The highest BCUT2D eigenvalue weighted by molar-refractivity contribution is 5.71. The van der Waals surface area contributed by atoms with E-state index in [1.165, 1.54) is 18.7 Å². The average molecular weight is 300 g/mol. The maximum Gasteiger partial charge on any atom is 0.160 e. The number of rotatable bonds is 2. The molecule has 118 valence electrons. The number of aromatic nitrogens is 3. The highest BCUT2D eigenvalue weighted by atomic mass is 16.5. The number of imidazole rings is 1. The molecular weight excluding hydrogens is 276 g/mol. The molecule has 2 aromatic rings. The Morgan fingerprint density at radius 1 is 1.14 bits per heavy atom. The van der Waals surface area contributed by atoms with Crippen LogP contribution in [0.5, 0.6) is 0 Å². The second-order valence-corrected chi connectivity index (χ2v) is 6.61. The summed E-state index contributed by atoms with van der Waals surface area (Å²) in [4.78, 5) is 12.0. The van der Waals surface area contributed by atoms with Crippen molar-refractivity contribution >= 4 is 11.2 Å². The minimum Gasteiger partial charge on any atom is -0.381 e. The zero-order valence-electron chi connectivity index (χ0n) is 13.2. The van der Waals surface area contributed by atoms with Crippen molar-refractivity contribution in [2.45, 2.75) is 37.6 Å². The first-order valence-electron chi connectivity index (χ1n) is 8.42. The third-order valence-corrected chi connectivity index (χ3v) is 5.12. The van der Waals surface area contributed by atoms with Gasteiger partial charge in [0.2, 0.25) is 0 Å². The predicted molar refractivity (Wildman–Crippen MR) is 86.1 cm³/mol. The first-order chi connectivity index (χ1) is 10.8. The van der Waals surface area contributed by atoms with E-state index >= 15 is 0 Å². The van der Waals surface area contributed by atoms with Crippen molar-refractivity contribution < 1.29 is 4.74 Å². The van der Waals surface area contributed by atoms with Crippen LogP contribution in [0.15, 0.2) is 18.3 Å². The summed E-state index contributed by atoms with van der Waals surface area (Å²) in [5.41, 5.74) is 2.10. The highest BCUT2D eigenvalue weighted by Crippen LogP contribution is 2.34. The third-order valence-electron chi connectivity index (χ3n) is 5.12. The Kier molecular flexibility index (Phi) is 3.84. The summed E-state index contributed by atoms with van der Waals surface area (Å²) in [7, 11) is 2.21. The lowest BCUT2D eigenvalue weighted by molar-refractivity contribution is 0.0690. The topological polar surface area (TPSA) is 43.2 Å². The molecule has 0 N–H and O–H groups in total. The van der Waals surface area contributed by atoms with Gasteiger partial charge < -0.3 is 14.2 Å². The zero-order chi connectivity index (χ0) is 14.9. The molecule has 0 bridgehead atoms. The predicted octanol–water partition coefficient (Wildman–Crippen LogP) is 2.59. The first kappa shape index (κ1) is 14.2. The van der Waals surface area contributed by atoms with Crippen molar-refractivity contribution in [1.29, 1.82) is 0 Å². The van der Waals surface area contributed by atoms with Gasteiger partial charge in [0.05, 0.1) is 0 Å². The standard InChI is InChI=1S/C17H24N4O/c1-20-9-4-13(5-10-20)16-19-15-3-2-8-18-17(15)21(16)14-6-11-22-12-7-14/h2-3,8,13-14H,4-7,9-12H2,1H3. The molecule has 2 fully saturated rings. The van der Waals surface area contributed by atoms with Crippen molar-refractivity contribution in [3.8, 4) is 0 Å². The molecule has 0 aliphatic carbocycles. The van der Waals surface area contributed by atoms with Gasteiger partial charge in [-0.15, -0.1) is 0 Å². The van der Waals surface area contributed by atoms with Crippen molar-refractivity contribution in [2.75, 3.05) is 33.4 Å². The lowest BCUT2D eigenvalue weighted by Crippen LogP contribution is -2.31. The molecule has 4 heterocycles. The number of piperidine rings is 1. The van der Waals surface area contributed by atoms with Crippen LogP contribution in [0.25, 0.3) is 11.2 Å². The molecule has 0 aromatic carbocycles. The highest BCUT2D eigenvalue weighted by Gasteiger charge is 2.28. The lowest BCUT2D eigenvalue weighted by Gasteiger charge is -2.31. The molecule has 2 saturated heterocycles. The van der Waals surface area contributed by atoms with Crippen molar-refractivity contribution in [3.63, 3.8) is 0 Å². The van der Waals surface area contributed by atoms with E-state index in [0.717, 1.165) is 50.3 Å². The number of hydrogen-bond donors (Lipinski definition) is 0. The van der Waals surface area contributed by atoms with Crippen LogP contribution in [-0.2, 0) is 4.74 Å². The van der Waals surface area contributed by atoms with Gasteiger partial charge >= 0.3 is 0 Å². The zero-order valence-corrected chi connectivity index (χ0v) is 13.2. The summed E-state index contributed by atoms with van der Waals surface area (Å²) in [5, 5.41) is 0. The van der Waals surface area contributed by atoms with E-state index in [4.69, 9.17) is 9.72 Å². The van der Waals surface area contributed by atoms with Gasteiger partial charge in [0.1, 0.15) is 11.3 Å². The summed E-state index contributed by atoms with van der Waals surface area (Å²) >= 11 is 0. The largest absolute Gasteiger partial charge is 0.381 e. The number of hydrogen-bond acceptors (Lipinski definition) is 4. The molecular formula is C17H24N4O. The SMILES string of the molecule is CN1CCC(c2nc3cccnc3n2C2CCOCC2)CC1. The van der Waals surface area contributed by atoms with E-state index < -0.39 is 0 Å². The maximum absolute atomic E-state index is 5.55. The van der Waals surface area contributed by atoms with Crippen LogP contribution >= 0.6 is 0 Å². The molecule has 2 aliphatic rings. The number of ether oxygens (including phenoxy) is 1. The molecule has 2 aliphatic heterocycles. The molecule has 22 heavy (non-hydrogen) atoms. The Morgan fingerprint density at radius 2 is 1.91 bits per heavy atom. The Bertz CT molecular complexity index is 639. The minimum atomic E-state index is 0.489. The van der Waals surface area contributed by atoms with Crippen molar-refractivity contribution in [1.82, 2.24) is 19.4 Å². The molecule has 4 rings (SSSR count). The number of likely N-dealkylation sites (tertiary alicyclic amines) is 1. The van der Waals surface area contributed by atoms with Crippen molar-refractivity contribution in [2.24, 2.45) is 0 Å². The van der Waals surface area contributed by atoms with Gasteiger partial charge in [0.15, 0.2) is 5.65 Å². The molecule has 5 heteroatoms. The summed E-state index contributed by atoms with van der Waals surface area (Å²) in [6.45, 7) is 4.03.